The van der Waals surface area contributed by atoms with Crippen molar-refractivity contribution in [1.29, 1.82) is 0 Å². The summed E-state index contributed by atoms with van der Waals surface area (Å²) in [4.78, 5) is 48.8. The highest BCUT2D eigenvalue weighted by atomic mass is 16.5. The van der Waals surface area contributed by atoms with Crippen LogP contribution in [0.15, 0.2) is 72.8 Å². The van der Waals surface area contributed by atoms with Crippen molar-refractivity contribution in [3.05, 3.63) is 95.2 Å². The first kappa shape index (κ1) is 27.3. The summed E-state index contributed by atoms with van der Waals surface area (Å²) in [6, 6.07) is 21.1. The number of para-hydroxylation sites is 2. The van der Waals surface area contributed by atoms with Crippen molar-refractivity contribution in [3.63, 3.8) is 0 Å². The summed E-state index contributed by atoms with van der Waals surface area (Å²) >= 11 is 0. The highest BCUT2D eigenvalue weighted by Gasteiger charge is 2.53. The number of methoxy groups -OCH3 is 1. The predicted octanol–water partition coefficient (Wildman–Crippen LogP) is 6.50. The molecule has 4 amide bonds. The Labute approximate surface area is 251 Å². The van der Waals surface area contributed by atoms with E-state index in [1.807, 2.05) is 42.5 Å². The minimum atomic E-state index is -0.701. The summed E-state index contributed by atoms with van der Waals surface area (Å²) < 4.78 is 5.39. The van der Waals surface area contributed by atoms with Gasteiger partial charge in [-0.3, -0.25) is 14.5 Å². The van der Waals surface area contributed by atoms with Gasteiger partial charge in [-0.2, -0.15) is 0 Å². The first-order valence-corrected chi connectivity index (χ1v) is 15.3. The van der Waals surface area contributed by atoms with Crippen LogP contribution in [0.2, 0.25) is 0 Å². The van der Waals surface area contributed by atoms with Crippen LogP contribution in [0.25, 0.3) is 10.9 Å². The average molecular weight is 577 g/mol. The van der Waals surface area contributed by atoms with Crippen LogP contribution in [0.4, 0.5) is 10.5 Å². The normalized spacial score (nSPS) is 20.9. The van der Waals surface area contributed by atoms with E-state index >= 15 is 0 Å². The summed E-state index contributed by atoms with van der Waals surface area (Å²) in [5.74, 6) is 0.155. The lowest BCUT2D eigenvalue weighted by Crippen LogP contribution is -2.44. The molecule has 3 aliphatic rings. The molecule has 2 atom stereocenters. The van der Waals surface area contributed by atoms with Gasteiger partial charge in [0.15, 0.2) is 0 Å². The number of hydrogen-bond donors (Lipinski definition) is 2. The number of carbonyl (C=O) groups is 3. The summed E-state index contributed by atoms with van der Waals surface area (Å²) in [6.07, 6.45) is 8.08. The Hall–Kier alpha value is -4.59. The molecule has 220 valence electrons. The Kier molecular flexibility index (Phi) is 7.13. The number of H-pyrrole nitrogens is 1. The first-order valence-electron chi connectivity index (χ1n) is 15.3. The molecular formula is C35H36N4O4. The van der Waals surface area contributed by atoms with E-state index in [9.17, 15) is 14.4 Å². The van der Waals surface area contributed by atoms with E-state index in [0.29, 0.717) is 23.4 Å². The number of ether oxygens (including phenoxy) is 1. The second kappa shape index (κ2) is 11.2. The zero-order valence-corrected chi connectivity index (χ0v) is 24.3. The number of urea groups is 1. The highest BCUT2D eigenvalue weighted by Crippen LogP contribution is 2.45. The molecule has 1 aromatic heterocycles. The number of benzene rings is 3. The molecule has 4 aromatic rings. The number of nitrogens with zero attached hydrogens (tertiary/aromatic N) is 2. The van der Waals surface area contributed by atoms with Crippen LogP contribution in [0, 0.1) is 0 Å². The number of carbonyl (C=O) groups excluding carboxylic acids is 3. The Morgan fingerprint density at radius 3 is 2.35 bits per heavy atom. The van der Waals surface area contributed by atoms with Crippen molar-refractivity contribution >= 4 is 34.4 Å². The van der Waals surface area contributed by atoms with E-state index in [4.69, 9.17) is 4.74 Å². The van der Waals surface area contributed by atoms with E-state index in [-0.39, 0.29) is 17.9 Å². The molecular weight excluding hydrogens is 540 g/mol. The molecule has 8 nitrogen and oxygen atoms in total. The standard InChI is InChI=1S/C35H36N4O4/c1-43-24-19-17-22(18-20-24)32-31-27(25-13-7-9-15-28(25)37-31)21-30-34(41)39(35(42)38(30)32)29-16-10-8-14-26(29)33(40)36-23-11-5-3-2-4-6-12-23/h7-10,13-20,23,30,32,37H,2-6,11-12,21H2,1H3,(H,36,40)/t30-,32+/m0/s1. The van der Waals surface area contributed by atoms with Gasteiger partial charge in [0, 0.05) is 29.1 Å². The first-order chi connectivity index (χ1) is 21.0. The molecule has 0 radical (unpaired) electrons. The number of anilines is 1. The molecule has 3 heterocycles. The zero-order chi connectivity index (χ0) is 29.5. The maximum Gasteiger partial charge on any atom is 0.332 e. The summed E-state index contributed by atoms with van der Waals surface area (Å²) in [7, 11) is 1.62. The zero-order valence-electron chi connectivity index (χ0n) is 24.3. The number of hydrogen-bond acceptors (Lipinski definition) is 4. The fourth-order valence-corrected chi connectivity index (χ4v) is 7.15. The van der Waals surface area contributed by atoms with Crippen molar-refractivity contribution in [1.82, 2.24) is 15.2 Å². The van der Waals surface area contributed by atoms with Gasteiger partial charge in [0.1, 0.15) is 17.8 Å². The topological polar surface area (TPSA) is 94.7 Å². The lowest BCUT2D eigenvalue weighted by atomic mass is 9.89. The van der Waals surface area contributed by atoms with Crippen molar-refractivity contribution < 1.29 is 19.1 Å². The van der Waals surface area contributed by atoms with Gasteiger partial charge in [-0.05, 0) is 54.3 Å². The van der Waals surface area contributed by atoms with Crippen LogP contribution >= 0.6 is 0 Å². The molecule has 2 fully saturated rings. The number of aromatic nitrogens is 1. The van der Waals surface area contributed by atoms with Gasteiger partial charge in [0.2, 0.25) is 0 Å². The van der Waals surface area contributed by atoms with Crippen LogP contribution < -0.4 is 15.0 Å². The molecule has 1 saturated heterocycles. The Bertz CT molecular complexity index is 1690. The third kappa shape index (κ3) is 4.75. The third-order valence-electron chi connectivity index (χ3n) is 9.31. The average Bonchev–Trinajstić information content (AvgIpc) is 3.51. The fraction of sp³-hybridized carbons (Fsp3) is 0.343. The van der Waals surface area contributed by atoms with Crippen LogP contribution in [0.5, 0.6) is 5.75 Å². The van der Waals surface area contributed by atoms with Gasteiger partial charge in [-0.15, -0.1) is 0 Å². The van der Waals surface area contributed by atoms with Crippen molar-refractivity contribution in [2.24, 2.45) is 0 Å². The minimum Gasteiger partial charge on any atom is -0.497 e. The van der Waals surface area contributed by atoms with Crippen LogP contribution in [0.1, 0.15) is 78.2 Å². The van der Waals surface area contributed by atoms with Gasteiger partial charge in [-0.25, -0.2) is 9.69 Å². The number of rotatable bonds is 5. The Balaban J connectivity index is 1.27. The second-order valence-corrected chi connectivity index (χ2v) is 11.9. The summed E-state index contributed by atoms with van der Waals surface area (Å²) in [5, 5.41) is 4.27. The lowest BCUT2D eigenvalue weighted by molar-refractivity contribution is -0.120. The fourth-order valence-electron chi connectivity index (χ4n) is 7.15. The van der Waals surface area contributed by atoms with Gasteiger partial charge >= 0.3 is 6.03 Å². The summed E-state index contributed by atoms with van der Waals surface area (Å²) in [5.41, 5.74) is 4.46. The van der Waals surface area contributed by atoms with Crippen LogP contribution in [0.3, 0.4) is 0 Å². The number of imide groups is 1. The molecule has 0 unspecified atom stereocenters. The monoisotopic (exact) mass is 576 g/mol. The molecule has 0 bridgehead atoms. The molecule has 8 heteroatoms. The maximum atomic E-state index is 14.4. The Morgan fingerprint density at radius 1 is 0.884 bits per heavy atom. The molecule has 1 saturated carbocycles. The molecule has 43 heavy (non-hydrogen) atoms. The summed E-state index contributed by atoms with van der Waals surface area (Å²) in [6.45, 7) is 0. The minimum absolute atomic E-state index is 0.0925. The Morgan fingerprint density at radius 2 is 1.58 bits per heavy atom. The van der Waals surface area contributed by atoms with Gasteiger partial charge < -0.3 is 15.0 Å². The van der Waals surface area contributed by atoms with E-state index in [0.717, 1.165) is 53.4 Å². The van der Waals surface area contributed by atoms with Crippen molar-refractivity contribution in [2.75, 3.05) is 12.0 Å². The maximum absolute atomic E-state index is 14.4. The molecule has 2 N–H and O–H groups in total. The number of fused-ring (bicyclic) bond motifs is 4. The molecule has 7 rings (SSSR count). The number of aromatic amines is 1. The van der Waals surface area contributed by atoms with Crippen molar-refractivity contribution in [2.45, 2.75) is 69.5 Å². The largest absolute Gasteiger partial charge is 0.497 e. The molecule has 1 aliphatic carbocycles. The predicted molar refractivity (Wildman–Crippen MR) is 165 cm³/mol. The number of amides is 4. The number of nitrogens with one attached hydrogen (secondary N) is 2. The second-order valence-electron chi connectivity index (χ2n) is 11.9. The molecule has 3 aromatic carbocycles. The smallest absolute Gasteiger partial charge is 0.332 e. The SMILES string of the molecule is COc1ccc([C@@H]2c3[nH]c4ccccc4c3C[C@H]3C(=O)N(c4ccccc4C(=O)NC4CCCCCCC4)C(=O)N23)cc1. The van der Waals surface area contributed by atoms with E-state index < -0.39 is 18.1 Å². The quantitative estimate of drug-likeness (QED) is 0.265. The van der Waals surface area contributed by atoms with E-state index in [1.54, 1.807) is 36.3 Å². The van der Waals surface area contributed by atoms with Gasteiger partial charge in [0.05, 0.1) is 18.4 Å². The van der Waals surface area contributed by atoms with E-state index in [1.165, 1.54) is 24.2 Å². The van der Waals surface area contributed by atoms with Gasteiger partial charge in [0.25, 0.3) is 11.8 Å². The van der Waals surface area contributed by atoms with E-state index in [2.05, 4.69) is 16.4 Å². The van der Waals surface area contributed by atoms with Crippen LogP contribution in [-0.4, -0.2) is 46.9 Å². The molecule has 2 aliphatic heterocycles. The third-order valence-corrected chi connectivity index (χ3v) is 9.31. The lowest BCUT2D eigenvalue weighted by Gasteiger charge is -2.36. The highest BCUT2D eigenvalue weighted by molar-refractivity contribution is 6.24. The van der Waals surface area contributed by atoms with Gasteiger partial charge in [-0.1, -0.05) is 74.6 Å². The molecule has 0 spiro atoms. The van der Waals surface area contributed by atoms with Crippen molar-refractivity contribution in [3.8, 4) is 5.75 Å². The van der Waals surface area contributed by atoms with Crippen LogP contribution in [-0.2, 0) is 11.2 Å².